The number of methoxy groups -OCH3 is 1. The second-order valence-electron chi connectivity index (χ2n) is 4.40. The van der Waals surface area contributed by atoms with E-state index in [1.807, 2.05) is 27.1 Å². The maximum atomic E-state index is 5.26. The van der Waals surface area contributed by atoms with Gasteiger partial charge in [-0.3, -0.25) is 0 Å². The molecule has 0 spiro atoms. The largest absolute Gasteiger partial charge is 0.496 e. The van der Waals surface area contributed by atoms with Gasteiger partial charge in [0.05, 0.1) is 29.5 Å². The van der Waals surface area contributed by atoms with E-state index in [0.717, 1.165) is 39.5 Å². The number of nitrogens with zero attached hydrogens (tertiary/aromatic N) is 2. The second-order valence-corrected chi connectivity index (χ2v) is 5.26. The van der Waals surface area contributed by atoms with Crippen LogP contribution in [0.25, 0.3) is 11.3 Å². The van der Waals surface area contributed by atoms with Crippen molar-refractivity contribution in [2.24, 2.45) is 7.05 Å². The quantitative estimate of drug-likeness (QED) is 0.940. The Labute approximate surface area is 121 Å². The highest BCUT2D eigenvalue weighted by molar-refractivity contribution is 9.10. The lowest BCUT2D eigenvalue weighted by Gasteiger charge is -2.09. The zero-order chi connectivity index (χ0) is 14.0. The Morgan fingerprint density at radius 3 is 2.74 bits per heavy atom. The van der Waals surface area contributed by atoms with Crippen molar-refractivity contribution in [1.82, 2.24) is 14.9 Å². The predicted molar refractivity (Wildman–Crippen MR) is 80.4 cm³/mol. The van der Waals surface area contributed by atoms with Gasteiger partial charge >= 0.3 is 0 Å². The number of rotatable bonds is 4. The summed E-state index contributed by atoms with van der Waals surface area (Å²) in [6.45, 7) is 2.79. The van der Waals surface area contributed by atoms with E-state index in [1.54, 1.807) is 7.11 Å². The molecule has 0 aliphatic carbocycles. The number of hydrogen-bond acceptors (Lipinski definition) is 3. The first-order chi connectivity index (χ1) is 9.08. The Morgan fingerprint density at radius 2 is 2.16 bits per heavy atom. The third-order valence-electron chi connectivity index (χ3n) is 3.12. The zero-order valence-electron chi connectivity index (χ0n) is 11.6. The van der Waals surface area contributed by atoms with Gasteiger partial charge in [-0.05, 0) is 48.1 Å². The van der Waals surface area contributed by atoms with Gasteiger partial charge in [-0.2, -0.15) is 0 Å². The number of imidazole rings is 1. The Morgan fingerprint density at radius 1 is 1.42 bits per heavy atom. The first-order valence-electron chi connectivity index (χ1n) is 6.09. The normalized spacial score (nSPS) is 10.8. The maximum Gasteiger partial charge on any atom is 0.133 e. The van der Waals surface area contributed by atoms with E-state index in [9.17, 15) is 0 Å². The lowest BCUT2D eigenvalue weighted by Crippen LogP contribution is -2.10. The lowest BCUT2D eigenvalue weighted by atomic mass is 10.1. The van der Waals surface area contributed by atoms with E-state index in [2.05, 4.69) is 42.9 Å². The molecular formula is C14H18BrN3O. The van der Waals surface area contributed by atoms with Crippen molar-refractivity contribution < 1.29 is 4.74 Å². The SMILES string of the molecule is CNCc1nc(C)c(-c2ccc(OC)c(Br)c2)n1C. The van der Waals surface area contributed by atoms with Crippen LogP contribution in [0.15, 0.2) is 22.7 Å². The van der Waals surface area contributed by atoms with Crippen molar-refractivity contribution in [2.45, 2.75) is 13.5 Å². The summed E-state index contributed by atoms with van der Waals surface area (Å²) in [5, 5.41) is 3.13. The predicted octanol–water partition coefficient (Wildman–Crippen LogP) is 2.89. The summed E-state index contributed by atoms with van der Waals surface area (Å²) < 4.78 is 8.33. The van der Waals surface area contributed by atoms with Gasteiger partial charge in [-0.25, -0.2) is 4.98 Å². The Bertz CT molecular complexity index is 593. The molecule has 1 aromatic heterocycles. The minimum atomic E-state index is 0.759. The van der Waals surface area contributed by atoms with Crippen LogP contribution in [0.4, 0.5) is 0 Å². The Kier molecular flexibility index (Phi) is 4.27. The minimum absolute atomic E-state index is 0.759. The third-order valence-corrected chi connectivity index (χ3v) is 3.74. The van der Waals surface area contributed by atoms with Crippen LogP contribution in [-0.2, 0) is 13.6 Å². The first kappa shape index (κ1) is 14.1. The highest BCUT2D eigenvalue weighted by atomic mass is 79.9. The fourth-order valence-corrected chi connectivity index (χ4v) is 2.77. The number of aromatic nitrogens is 2. The Balaban J connectivity index is 2.49. The van der Waals surface area contributed by atoms with Crippen LogP contribution < -0.4 is 10.1 Å². The molecule has 0 unspecified atom stereocenters. The number of nitrogens with one attached hydrogen (secondary N) is 1. The zero-order valence-corrected chi connectivity index (χ0v) is 13.2. The molecule has 102 valence electrons. The van der Waals surface area contributed by atoms with Crippen molar-refractivity contribution in [3.63, 3.8) is 0 Å². The van der Waals surface area contributed by atoms with E-state index >= 15 is 0 Å². The van der Waals surface area contributed by atoms with E-state index in [0.29, 0.717) is 0 Å². The average molecular weight is 324 g/mol. The van der Waals surface area contributed by atoms with Crippen LogP contribution in [0, 0.1) is 6.92 Å². The monoisotopic (exact) mass is 323 g/mol. The molecule has 2 aromatic rings. The summed E-state index contributed by atoms with van der Waals surface area (Å²) in [4.78, 5) is 4.60. The van der Waals surface area contributed by atoms with E-state index in [-0.39, 0.29) is 0 Å². The van der Waals surface area contributed by atoms with Crippen LogP contribution in [0.1, 0.15) is 11.5 Å². The van der Waals surface area contributed by atoms with Crippen LogP contribution in [0.5, 0.6) is 5.75 Å². The van der Waals surface area contributed by atoms with Gasteiger partial charge in [-0.15, -0.1) is 0 Å². The molecule has 0 atom stereocenters. The summed E-state index contributed by atoms with van der Waals surface area (Å²) in [5.41, 5.74) is 3.29. The number of halogens is 1. The summed E-state index contributed by atoms with van der Waals surface area (Å²) in [6, 6.07) is 6.08. The van der Waals surface area contributed by atoms with Crippen molar-refractivity contribution in [3.05, 3.63) is 34.2 Å². The van der Waals surface area contributed by atoms with Crippen molar-refractivity contribution in [1.29, 1.82) is 0 Å². The van der Waals surface area contributed by atoms with Crippen LogP contribution >= 0.6 is 15.9 Å². The van der Waals surface area contributed by atoms with Crippen LogP contribution in [0.3, 0.4) is 0 Å². The molecule has 0 radical (unpaired) electrons. The van der Waals surface area contributed by atoms with Crippen molar-refractivity contribution in [3.8, 4) is 17.0 Å². The average Bonchev–Trinajstić information content (AvgIpc) is 2.65. The molecule has 0 saturated carbocycles. The summed E-state index contributed by atoms with van der Waals surface area (Å²) in [7, 11) is 5.63. The molecule has 0 aliphatic heterocycles. The van der Waals surface area contributed by atoms with E-state index in [4.69, 9.17) is 4.74 Å². The van der Waals surface area contributed by atoms with E-state index in [1.165, 1.54) is 0 Å². The number of aryl methyl sites for hydroxylation is 1. The molecule has 0 fully saturated rings. The van der Waals surface area contributed by atoms with Gasteiger partial charge in [0.25, 0.3) is 0 Å². The van der Waals surface area contributed by atoms with Gasteiger partial charge in [0.15, 0.2) is 0 Å². The summed E-state index contributed by atoms with van der Waals surface area (Å²) in [6.07, 6.45) is 0. The fourth-order valence-electron chi connectivity index (χ4n) is 2.23. The molecule has 5 heteroatoms. The highest BCUT2D eigenvalue weighted by Crippen LogP contribution is 2.32. The molecule has 1 aromatic carbocycles. The molecule has 2 rings (SSSR count). The molecule has 1 heterocycles. The summed E-state index contributed by atoms with van der Waals surface area (Å²) >= 11 is 3.52. The van der Waals surface area contributed by atoms with Crippen LogP contribution in [0.2, 0.25) is 0 Å². The second kappa shape index (κ2) is 5.75. The van der Waals surface area contributed by atoms with Crippen LogP contribution in [-0.4, -0.2) is 23.7 Å². The molecule has 0 bridgehead atoms. The maximum absolute atomic E-state index is 5.26. The number of benzene rings is 1. The van der Waals surface area contributed by atoms with Gasteiger partial charge in [0, 0.05) is 12.6 Å². The smallest absolute Gasteiger partial charge is 0.133 e. The van der Waals surface area contributed by atoms with E-state index < -0.39 is 0 Å². The molecular weight excluding hydrogens is 306 g/mol. The van der Waals surface area contributed by atoms with Crippen molar-refractivity contribution in [2.75, 3.05) is 14.2 Å². The fraction of sp³-hybridized carbons (Fsp3) is 0.357. The minimum Gasteiger partial charge on any atom is -0.496 e. The first-order valence-corrected chi connectivity index (χ1v) is 6.88. The third kappa shape index (κ3) is 2.67. The molecule has 0 saturated heterocycles. The van der Waals surface area contributed by atoms with Gasteiger partial charge < -0.3 is 14.6 Å². The topological polar surface area (TPSA) is 39.1 Å². The molecule has 19 heavy (non-hydrogen) atoms. The van der Waals surface area contributed by atoms with Gasteiger partial charge in [0.1, 0.15) is 11.6 Å². The molecule has 0 aliphatic rings. The lowest BCUT2D eigenvalue weighted by molar-refractivity contribution is 0.412. The highest BCUT2D eigenvalue weighted by Gasteiger charge is 2.14. The van der Waals surface area contributed by atoms with Gasteiger partial charge in [0.2, 0.25) is 0 Å². The Hall–Kier alpha value is -1.33. The standard InChI is InChI=1S/C14H18BrN3O/c1-9-14(18(3)13(17-9)8-16-2)10-5-6-12(19-4)11(15)7-10/h5-7,16H,8H2,1-4H3. The molecule has 4 nitrogen and oxygen atoms in total. The number of ether oxygens (including phenoxy) is 1. The molecule has 1 N–H and O–H groups in total. The van der Waals surface area contributed by atoms with Crippen molar-refractivity contribution >= 4 is 15.9 Å². The number of hydrogen-bond donors (Lipinski definition) is 1. The molecule has 0 amide bonds. The van der Waals surface area contributed by atoms with Gasteiger partial charge in [-0.1, -0.05) is 0 Å². The summed E-state index contributed by atoms with van der Waals surface area (Å²) in [5.74, 6) is 1.86.